The summed E-state index contributed by atoms with van der Waals surface area (Å²) in [6, 6.07) is 11.8. The summed E-state index contributed by atoms with van der Waals surface area (Å²) < 4.78 is 43.7. The van der Waals surface area contributed by atoms with Crippen molar-refractivity contribution in [3.05, 3.63) is 60.3 Å². The molecule has 0 radical (unpaired) electrons. The Balaban J connectivity index is 1.48. The van der Waals surface area contributed by atoms with Crippen LogP contribution in [-0.4, -0.2) is 24.2 Å². The van der Waals surface area contributed by atoms with Crippen LogP contribution >= 0.6 is 0 Å². The lowest BCUT2D eigenvalue weighted by Gasteiger charge is -2.14. The first-order valence-corrected chi connectivity index (χ1v) is 7.84. The molecule has 8 heteroatoms. The van der Waals surface area contributed by atoms with Gasteiger partial charge in [-0.05, 0) is 35.7 Å². The third-order valence-corrected chi connectivity index (χ3v) is 3.65. The van der Waals surface area contributed by atoms with Crippen molar-refractivity contribution in [1.82, 2.24) is 10.3 Å². The molecule has 2 aromatic carbocycles. The first kappa shape index (κ1) is 17.7. The fourth-order valence-corrected chi connectivity index (χ4v) is 2.45. The zero-order valence-corrected chi connectivity index (χ0v) is 13.6. The molecule has 0 saturated carbocycles. The van der Waals surface area contributed by atoms with Gasteiger partial charge in [0.1, 0.15) is 12.4 Å². The van der Waals surface area contributed by atoms with Gasteiger partial charge in [-0.2, -0.15) is 13.2 Å². The molecule has 2 amide bonds. The first-order chi connectivity index (χ1) is 12.4. The lowest BCUT2D eigenvalue weighted by atomic mass is 10.2. The highest BCUT2D eigenvalue weighted by molar-refractivity contribution is 5.92. The maximum atomic E-state index is 12.9. The van der Waals surface area contributed by atoms with Crippen LogP contribution in [0.3, 0.4) is 0 Å². The number of rotatable bonds is 5. The van der Waals surface area contributed by atoms with Gasteiger partial charge >= 0.3 is 12.2 Å². The van der Waals surface area contributed by atoms with Gasteiger partial charge in [0.15, 0.2) is 0 Å². The molecule has 0 fully saturated rings. The van der Waals surface area contributed by atoms with Crippen molar-refractivity contribution in [2.45, 2.75) is 6.18 Å². The maximum Gasteiger partial charge on any atom is 0.419 e. The topological polar surface area (TPSA) is 66.2 Å². The van der Waals surface area contributed by atoms with E-state index in [0.717, 1.165) is 17.0 Å². The van der Waals surface area contributed by atoms with E-state index in [1.54, 1.807) is 18.3 Å². The number of ether oxygens (including phenoxy) is 1. The minimum atomic E-state index is -4.49. The van der Waals surface area contributed by atoms with Crippen LogP contribution < -0.4 is 15.4 Å². The van der Waals surface area contributed by atoms with Crippen LogP contribution in [0.2, 0.25) is 0 Å². The smallest absolute Gasteiger partial charge is 0.419 e. The average molecular weight is 363 g/mol. The van der Waals surface area contributed by atoms with Crippen molar-refractivity contribution < 1.29 is 22.7 Å². The van der Waals surface area contributed by atoms with E-state index in [-0.39, 0.29) is 18.9 Å². The number of hydrogen-bond acceptors (Lipinski definition) is 2. The van der Waals surface area contributed by atoms with Gasteiger partial charge in [0.25, 0.3) is 0 Å². The van der Waals surface area contributed by atoms with Gasteiger partial charge in [-0.3, -0.25) is 0 Å². The molecule has 0 bridgehead atoms. The number of carbonyl (C=O) groups excluding carboxylic acids is 1. The van der Waals surface area contributed by atoms with E-state index in [1.807, 2.05) is 12.1 Å². The number of benzene rings is 2. The Morgan fingerprint density at radius 2 is 1.92 bits per heavy atom. The number of H-pyrrole nitrogens is 1. The van der Waals surface area contributed by atoms with Crippen LogP contribution in [0.15, 0.2) is 54.7 Å². The van der Waals surface area contributed by atoms with Crippen LogP contribution in [0.5, 0.6) is 5.75 Å². The van der Waals surface area contributed by atoms with E-state index < -0.39 is 17.8 Å². The van der Waals surface area contributed by atoms with Crippen molar-refractivity contribution in [3.63, 3.8) is 0 Å². The zero-order valence-electron chi connectivity index (χ0n) is 13.6. The fourth-order valence-electron chi connectivity index (χ4n) is 2.45. The summed E-state index contributed by atoms with van der Waals surface area (Å²) in [5, 5.41) is 6.21. The monoisotopic (exact) mass is 363 g/mol. The molecule has 3 N–H and O–H groups in total. The van der Waals surface area contributed by atoms with E-state index in [0.29, 0.717) is 5.69 Å². The number of carbonyl (C=O) groups is 1. The largest absolute Gasteiger partial charge is 0.491 e. The Morgan fingerprint density at radius 1 is 1.12 bits per heavy atom. The van der Waals surface area contributed by atoms with E-state index in [1.165, 1.54) is 18.2 Å². The summed E-state index contributed by atoms with van der Waals surface area (Å²) in [7, 11) is 0. The van der Waals surface area contributed by atoms with Crippen LogP contribution in [0.4, 0.5) is 23.7 Å². The highest BCUT2D eigenvalue weighted by Gasteiger charge is 2.33. The van der Waals surface area contributed by atoms with Crippen molar-refractivity contribution in [3.8, 4) is 5.75 Å². The number of para-hydroxylation sites is 1. The summed E-state index contributed by atoms with van der Waals surface area (Å²) in [5.41, 5.74) is 0.638. The molecule has 1 heterocycles. The predicted octanol–water partition coefficient (Wildman–Crippen LogP) is 4.39. The number of halogens is 3. The molecule has 0 unspecified atom stereocenters. The van der Waals surface area contributed by atoms with Gasteiger partial charge in [-0.15, -0.1) is 0 Å². The molecular weight excluding hydrogens is 347 g/mol. The summed E-state index contributed by atoms with van der Waals surface area (Å²) in [6.07, 6.45) is -2.69. The highest BCUT2D eigenvalue weighted by atomic mass is 19.4. The Hall–Kier alpha value is -3.16. The number of aromatic nitrogens is 1. The zero-order chi connectivity index (χ0) is 18.6. The van der Waals surface area contributed by atoms with Crippen molar-refractivity contribution >= 4 is 22.6 Å². The molecule has 0 spiro atoms. The minimum Gasteiger partial charge on any atom is -0.491 e. The second kappa shape index (κ2) is 7.38. The van der Waals surface area contributed by atoms with E-state index in [2.05, 4.69) is 15.6 Å². The molecule has 136 valence electrons. The molecule has 0 atom stereocenters. The molecule has 1 aromatic heterocycles. The third kappa shape index (κ3) is 4.27. The molecule has 26 heavy (non-hydrogen) atoms. The average Bonchev–Trinajstić information content (AvgIpc) is 3.06. The van der Waals surface area contributed by atoms with E-state index in [9.17, 15) is 18.0 Å². The summed E-state index contributed by atoms with van der Waals surface area (Å²) >= 11 is 0. The Morgan fingerprint density at radius 3 is 2.73 bits per heavy atom. The molecule has 0 aliphatic carbocycles. The van der Waals surface area contributed by atoms with E-state index >= 15 is 0 Å². The molecular formula is C18H16F3N3O2. The molecule has 0 saturated heterocycles. The van der Waals surface area contributed by atoms with Crippen LogP contribution in [0.25, 0.3) is 10.9 Å². The van der Waals surface area contributed by atoms with Crippen LogP contribution in [-0.2, 0) is 6.18 Å². The van der Waals surface area contributed by atoms with Gasteiger partial charge in [-0.25, -0.2) is 4.79 Å². The molecule has 3 aromatic rings. The third-order valence-electron chi connectivity index (χ3n) is 3.65. The SMILES string of the molecule is O=C(NCCOc1ccccc1C(F)(F)F)Nc1ccc2cc[nH]c2c1. The van der Waals surface area contributed by atoms with Crippen LogP contribution in [0.1, 0.15) is 5.56 Å². The number of fused-ring (bicyclic) bond motifs is 1. The quantitative estimate of drug-likeness (QED) is 0.589. The van der Waals surface area contributed by atoms with Gasteiger partial charge in [0.2, 0.25) is 0 Å². The normalized spacial score (nSPS) is 11.3. The maximum absolute atomic E-state index is 12.9. The second-order valence-electron chi connectivity index (χ2n) is 5.50. The predicted molar refractivity (Wildman–Crippen MR) is 92.3 cm³/mol. The fraction of sp³-hybridized carbons (Fsp3) is 0.167. The molecule has 0 aliphatic rings. The summed E-state index contributed by atoms with van der Waals surface area (Å²) in [5.74, 6) is -0.264. The highest BCUT2D eigenvalue weighted by Crippen LogP contribution is 2.35. The van der Waals surface area contributed by atoms with E-state index in [4.69, 9.17) is 4.74 Å². The Labute approximate surface area is 147 Å². The minimum absolute atomic E-state index is 0.0583. The summed E-state index contributed by atoms with van der Waals surface area (Å²) in [4.78, 5) is 14.9. The number of anilines is 1. The number of urea groups is 1. The van der Waals surface area contributed by atoms with Gasteiger partial charge in [0.05, 0.1) is 12.1 Å². The van der Waals surface area contributed by atoms with Crippen molar-refractivity contribution in [1.29, 1.82) is 0 Å². The molecule has 5 nitrogen and oxygen atoms in total. The number of hydrogen-bond donors (Lipinski definition) is 3. The molecule has 0 aliphatic heterocycles. The number of aromatic amines is 1. The van der Waals surface area contributed by atoms with Gasteiger partial charge in [-0.1, -0.05) is 18.2 Å². The van der Waals surface area contributed by atoms with Gasteiger partial charge in [0, 0.05) is 17.4 Å². The van der Waals surface area contributed by atoms with Crippen molar-refractivity contribution in [2.75, 3.05) is 18.5 Å². The van der Waals surface area contributed by atoms with Gasteiger partial charge < -0.3 is 20.4 Å². The second-order valence-corrected chi connectivity index (χ2v) is 5.50. The lowest BCUT2D eigenvalue weighted by molar-refractivity contribution is -0.138. The Bertz CT molecular complexity index is 906. The molecule has 3 rings (SSSR count). The van der Waals surface area contributed by atoms with Crippen molar-refractivity contribution in [2.24, 2.45) is 0 Å². The number of nitrogens with one attached hydrogen (secondary N) is 3. The standard InChI is InChI=1S/C18H16F3N3O2/c19-18(20,21)14-3-1-2-4-16(14)26-10-9-23-17(25)24-13-6-5-12-7-8-22-15(12)11-13/h1-8,11,22H,9-10H2,(H2,23,24,25). The number of amides is 2. The number of alkyl halides is 3. The van der Waals surface area contributed by atoms with Crippen LogP contribution in [0, 0.1) is 0 Å². The first-order valence-electron chi connectivity index (χ1n) is 7.84. The Kier molecular flexibility index (Phi) is 5.01. The summed E-state index contributed by atoms with van der Waals surface area (Å²) in [6.45, 7) is -0.0288. The lowest BCUT2D eigenvalue weighted by Crippen LogP contribution is -2.32.